The van der Waals surface area contributed by atoms with Gasteiger partial charge >= 0.3 is 0 Å². The first-order chi connectivity index (χ1) is 14.4. The Hall–Kier alpha value is -3.08. The van der Waals surface area contributed by atoms with Crippen LogP contribution in [0.2, 0.25) is 0 Å². The molecular formula is C23H18BrNO4S. The van der Waals surface area contributed by atoms with Gasteiger partial charge in [-0.1, -0.05) is 52.3 Å². The lowest BCUT2D eigenvalue weighted by molar-refractivity contribution is 0.284. The Morgan fingerprint density at radius 2 is 1.73 bits per heavy atom. The molecule has 0 fully saturated rings. The lowest BCUT2D eigenvalue weighted by Crippen LogP contribution is -2.03. The highest BCUT2D eigenvalue weighted by molar-refractivity contribution is 9.10. The molecule has 0 bridgehead atoms. The number of sulfone groups is 1. The molecule has 0 heterocycles. The van der Waals surface area contributed by atoms with Crippen molar-refractivity contribution in [3.8, 4) is 17.6 Å². The molecule has 0 saturated carbocycles. The Bertz CT molecular complexity index is 1200. The Morgan fingerprint density at radius 1 is 1.03 bits per heavy atom. The topological polar surface area (TPSA) is 76.4 Å². The number of nitrogens with zero attached hydrogens (tertiary/aromatic N) is 1. The van der Waals surface area contributed by atoms with Crippen LogP contribution < -0.4 is 9.47 Å². The molecule has 30 heavy (non-hydrogen) atoms. The zero-order valence-electron chi connectivity index (χ0n) is 16.1. The third-order valence-electron chi connectivity index (χ3n) is 4.25. The second-order valence-corrected chi connectivity index (χ2v) is 9.10. The molecule has 0 atom stereocenters. The molecule has 0 amide bonds. The molecule has 152 valence electrons. The fraction of sp³-hybridized carbons (Fsp3) is 0.0870. The summed E-state index contributed by atoms with van der Waals surface area (Å²) in [7, 11) is -2.40. The van der Waals surface area contributed by atoms with Gasteiger partial charge in [0.05, 0.1) is 12.0 Å². The number of methoxy groups -OCH3 is 1. The summed E-state index contributed by atoms with van der Waals surface area (Å²) >= 11 is 3.39. The first-order valence-electron chi connectivity index (χ1n) is 8.91. The average molecular weight is 484 g/mol. The minimum atomic E-state index is -3.90. The first-order valence-corrected chi connectivity index (χ1v) is 11.2. The van der Waals surface area contributed by atoms with Crippen molar-refractivity contribution in [1.82, 2.24) is 0 Å². The SMILES string of the molecule is COc1cc(/C=C(/C#N)S(=O)(=O)c2ccccc2)ccc1OCc1ccc(Br)cc1. The van der Waals surface area contributed by atoms with Crippen molar-refractivity contribution in [1.29, 1.82) is 5.26 Å². The summed E-state index contributed by atoms with van der Waals surface area (Å²) in [6.07, 6.45) is 1.32. The summed E-state index contributed by atoms with van der Waals surface area (Å²) in [4.78, 5) is -0.279. The Balaban J connectivity index is 1.86. The number of hydrogen-bond donors (Lipinski definition) is 0. The van der Waals surface area contributed by atoms with Crippen molar-refractivity contribution in [3.05, 3.63) is 93.3 Å². The van der Waals surface area contributed by atoms with Crippen LogP contribution in [0.3, 0.4) is 0 Å². The number of benzene rings is 3. The van der Waals surface area contributed by atoms with Gasteiger partial charge in [0.1, 0.15) is 17.6 Å². The van der Waals surface area contributed by atoms with Crippen LogP contribution in [0.4, 0.5) is 0 Å². The lowest BCUT2D eigenvalue weighted by atomic mass is 10.2. The van der Waals surface area contributed by atoms with E-state index in [4.69, 9.17) is 9.47 Å². The maximum atomic E-state index is 12.7. The quantitative estimate of drug-likeness (QED) is 0.421. The number of rotatable bonds is 7. The molecule has 0 aliphatic carbocycles. The maximum absolute atomic E-state index is 12.7. The predicted molar refractivity (Wildman–Crippen MR) is 119 cm³/mol. The number of hydrogen-bond acceptors (Lipinski definition) is 5. The molecular weight excluding hydrogens is 466 g/mol. The molecule has 0 radical (unpaired) electrons. The maximum Gasteiger partial charge on any atom is 0.216 e. The van der Waals surface area contributed by atoms with Gasteiger partial charge in [-0.15, -0.1) is 0 Å². The highest BCUT2D eigenvalue weighted by Crippen LogP contribution is 2.31. The molecule has 0 aliphatic heterocycles. The molecule has 5 nitrogen and oxygen atoms in total. The van der Waals surface area contributed by atoms with Crippen molar-refractivity contribution < 1.29 is 17.9 Å². The zero-order valence-corrected chi connectivity index (χ0v) is 18.5. The Kier molecular flexibility index (Phi) is 6.93. The molecule has 7 heteroatoms. The third kappa shape index (κ3) is 5.09. The van der Waals surface area contributed by atoms with E-state index >= 15 is 0 Å². The normalized spacial score (nSPS) is 11.6. The van der Waals surface area contributed by atoms with Crippen molar-refractivity contribution in [3.63, 3.8) is 0 Å². The summed E-state index contributed by atoms with van der Waals surface area (Å²) in [6, 6.07) is 22.4. The van der Waals surface area contributed by atoms with Gasteiger partial charge in [0.2, 0.25) is 9.84 Å². The highest BCUT2D eigenvalue weighted by Gasteiger charge is 2.20. The van der Waals surface area contributed by atoms with Gasteiger partial charge < -0.3 is 9.47 Å². The van der Waals surface area contributed by atoms with Gasteiger partial charge in [-0.2, -0.15) is 5.26 Å². The van der Waals surface area contributed by atoms with E-state index in [2.05, 4.69) is 15.9 Å². The predicted octanol–water partition coefficient (Wildman–Crippen LogP) is 5.38. The minimum Gasteiger partial charge on any atom is -0.493 e. The molecule has 3 aromatic rings. The number of ether oxygens (including phenoxy) is 2. The smallest absolute Gasteiger partial charge is 0.216 e. The van der Waals surface area contributed by atoms with Crippen LogP contribution in [-0.4, -0.2) is 15.5 Å². The molecule has 0 aliphatic rings. The summed E-state index contributed by atoms with van der Waals surface area (Å²) in [5.41, 5.74) is 1.50. The van der Waals surface area contributed by atoms with Gasteiger partial charge in [-0.3, -0.25) is 0 Å². The average Bonchev–Trinajstić information content (AvgIpc) is 2.77. The fourth-order valence-electron chi connectivity index (χ4n) is 2.68. The minimum absolute atomic E-state index is 0.0687. The van der Waals surface area contributed by atoms with Crippen molar-refractivity contribution in [2.45, 2.75) is 11.5 Å². The van der Waals surface area contributed by atoms with Crippen molar-refractivity contribution in [2.75, 3.05) is 7.11 Å². The van der Waals surface area contributed by atoms with Crippen LogP contribution in [0.15, 0.2) is 87.1 Å². The van der Waals surface area contributed by atoms with Crippen LogP contribution >= 0.6 is 15.9 Å². The largest absolute Gasteiger partial charge is 0.493 e. The standard InChI is InChI=1S/C23H18BrNO4S/c1-28-23-14-18(9-12-22(23)29-16-17-7-10-19(24)11-8-17)13-21(15-25)30(26,27)20-5-3-2-4-6-20/h2-14H,16H2,1H3/b21-13-. The molecule has 3 aromatic carbocycles. The lowest BCUT2D eigenvalue weighted by Gasteiger charge is -2.12. The highest BCUT2D eigenvalue weighted by atomic mass is 79.9. The van der Waals surface area contributed by atoms with Gasteiger partial charge in [-0.25, -0.2) is 8.42 Å². The van der Waals surface area contributed by atoms with E-state index in [0.29, 0.717) is 23.7 Å². The molecule has 0 aromatic heterocycles. The Morgan fingerprint density at radius 3 is 2.37 bits per heavy atom. The van der Waals surface area contributed by atoms with Crippen LogP contribution in [-0.2, 0) is 16.4 Å². The van der Waals surface area contributed by atoms with Crippen LogP contribution in [0.25, 0.3) is 6.08 Å². The summed E-state index contributed by atoms with van der Waals surface area (Å²) in [6.45, 7) is 0.352. The second-order valence-electron chi connectivity index (χ2n) is 6.26. The van der Waals surface area contributed by atoms with E-state index in [1.165, 1.54) is 25.3 Å². The van der Waals surface area contributed by atoms with Crippen LogP contribution in [0.1, 0.15) is 11.1 Å². The monoisotopic (exact) mass is 483 g/mol. The summed E-state index contributed by atoms with van der Waals surface area (Å²) in [5, 5.41) is 9.44. The van der Waals surface area contributed by atoms with E-state index in [1.54, 1.807) is 42.5 Å². The van der Waals surface area contributed by atoms with E-state index in [1.807, 2.05) is 24.3 Å². The number of halogens is 1. The van der Waals surface area contributed by atoms with Crippen LogP contribution in [0.5, 0.6) is 11.5 Å². The van der Waals surface area contributed by atoms with Crippen molar-refractivity contribution >= 4 is 31.8 Å². The van der Waals surface area contributed by atoms with Gasteiger partial charge in [0, 0.05) is 4.47 Å². The first kappa shape index (κ1) is 21.6. The molecule has 3 rings (SSSR count). The third-order valence-corrected chi connectivity index (χ3v) is 6.46. The second kappa shape index (κ2) is 9.61. The molecule has 0 unspecified atom stereocenters. The van der Waals surface area contributed by atoms with Crippen LogP contribution in [0, 0.1) is 11.3 Å². The zero-order chi connectivity index (χ0) is 21.6. The van der Waals surface area contributed by atoms with Gasteiger partial charge in [0.15, 0.2) is 11.5 Å². The van der Waals surface area contributed by atoms with Crippen molar-refractivity contribution in [2.24, 2.45) is 0 Å². The van der Waals surface area contributed by atoms with E-state index in [9.17, 15) is 13.7 Å². The summed E-state index contributed by atoms with van der Waals surface area (Å²) in [5.74, 6) is 0.956. The van der Waals surface area contributed by atoms with E-state index in [0.717, 1.165) is 10.0 Å². The Labute approximate surface area is 184 Å². The van der Waals surface area contributed by atoms with Gasteiger partial charge in [-0.05, 0) is 53.6 Å². The van der Waals surface area contributed by atoms with Gasteiger partial charge in [0.25, 0.3) is 0 Å². The molecule has 0 saturated heterocycles. The number of nitriles is 1. The van der Waals surface area contributed by atoms with E-state index < -0.39 is 9.84 Å². The summed E-state index contributed by atoms with van der Waals surface area (Å²) < 4.78 is 37.6. The number of allylic oxidation sites excluding steroid dienone is 1. The molecule has 0 spiro atoms. The fourth-order valence-corrected chi connectivity index (χ4v) is 4.13. The molecule has 0 N–H and O–H groups in total. The van der Waals surface area contributed by atoms with E-state index in [-0.39, 0.29) is 9.80 Å².